The first-order valence-corrected chi connectivity index (χ1v) is 5.24. The summed E-state index contributed by atoms with van der Waals surface area (Å²) in [5.41, 5.74) is 2.76. The molecule has 0 saturated carbocycles. The van der Waals surface area contributed by atoms with Crippen molar-refractivity contribution < 1.29 is 19.9 Å². The third-order valence-electron chi connectivity index (χ3n) is 2.07. The van der Waals surface area contributed by atoms with Crippen molar-refractivity contribution in [3.8, 4) is 11.6 Å². The van der Waals surface area contributed by atoms with Gasteiger partial charge in [-0.05, 0) is 30.9 Å². The number of nitro groups is 4. The molecule has 0 spiro atoms. The minimum Gasteiger partial charge on any atom is -0.390 e. The highest BCUT2D eigenvalue weighted by Gasteiger charge is 2.43. The van der Waals surface area contributed by atoms with E-state index in [1.807, 2.05) is 0 Å². The highest BCUT2D eigenvalue weighted by molar-refractivity contribution is 5.47. The summed E-state index contributed by atoms with van der Waals surface area (Å²) in [7, 11) is 0. The van der Waals surface area contributed by atoms with Crippen molar-refractivity contribution in [1.82, 2.24) is 29.7 Å². The van der Waals surface area contributed by atoms with Crippen LogP contribution in [0.15, 0.2) is 0 Å². The van der Waals surface area contributed by atoms with Crippen LogP contribution in [-0.2, 0) is 0 Å². The summed E-state index contributed by atoms with van der Waals surface area (Å²) >= 11 is 0. The molecule has 2 rings (SSSR count). The molecule has 0 bridgehead atoms. The smallest absolute Gasteiger partial charge is 0.390 e. The van der Waals surface area contributed by atoms with Gasteiger partial charge in [0.2, 0.25) is 0 Å². The van der Waals surface area contributed by atoms with Crippen LogP contribution in [0.4, 0.5) is 11.9 Å². The van der Waals surface area contributed by atoms with Crippen LogP contribution in [0.1, 0.15) is 0 Å². The molecule has 20 nitrogen and oxygen atoms in total. The predicted molar refractivity (Wildman–Crippen MR) is 65.1 cm³/mol. The summed E-state index contributed by atoms with van der Waals surface area (Å²) in [6.45, 7) is 0. The first-order valence-electron chi connectivity index (χ1n) is 5.24. The SMILES string of the molecule is O=[N+]([O-])Nn1nc([N+](=O)[O-])nc1-c1nc([N+](=O)[O-])nn1N[N+](=O)[O-]. The molecule has 2 aromatic heterocycles. The van der Waals surface area contributed by atoms with Crippen LogP contribution in [-0.4, -0.2) is 49.7 Å². The fourth-order valence-electron chi connectivity index (χ4n) is 1.34. The molecule has 0 amide bonds. The van der Waals surface area contributed by atoms with Crippen molar-refractivity contribution >= 4 is 11.9 Å². The first-order chi connectivity index (χ1) is 11.2. The van der Waals surface area contributed by atoms with Gasteiger partial charge in [0.15, 0.2) is 10.2 Å². The monoisotopic (exact) mass is 346 g/mol. The summed E-state index contributed by atoms with van der Waals surface area (Å²) < 4.78 is 0. The maximum atomic E-state index is 10.7. The predicted octanol–water partition coefficient (Wildman–Crippen LogP) is -2.18. The molecular weight excluding hydrogens is 344 g/mol. The highest BCUT2D eigenvalue weighted by Crippen LogP contribution is 2.19. The van der Waals surface area contributed by atoms with E-state index >= 15 is 0 Å². The number of aromatic nitrogens is 6. The summed E-state index contributed by atoms with van der Waals surface area (Å²) in [6, 6.07) is 0. The van der Waals surface area contributed by atoms with Gasteiger partial charge in [0, 0.05) is 0 Å². The van der Waals surface area contributed by atoms with Gasteiger partial charge in [0.25, 0.3) is 0 Å². The Bertz CT molecular complexity index is 779. The Balaban J connectivity index is 2.64. The Morgan fingerprint density at radius 3 is 1.29 bits per heavy atom. The second-order valence-electron chi connectivity index (χ2n) is 3.52. The van der Waals surface area contributed by atoms with Crippen molar-refractivity contribution in [3.63, 3.8) is 0 Å². The number of nitrogens with one attached hydrogen (secondary N) is 2. The zero-order valence-electron chi connectivity index (χ0n) is 10.7. The van der Waals surface area contributed by atoms with E-state index in [1.54, 1.807) is 0 Å². The van der Waals surface area contributed by atoms with Crippen LogP contribution in [0, 0.1) is 40.5 Å². The van der Waals surface area contributed by atoms with Gasteiger partial charge >= 0.3 is 23.5 Å². The van der Waals surface area contributed by atoms with E-state index in [-0.39, 0.29) is 9.58 Å². The van der Waals surface area contributed by atoms with Crippen molar-refractivity contribution in [2.45, 2.75) is 0 Å². The van der Waals surface area contributed by atoms with E-state index in [0.717, 1.165) is 0 Å². The molecular formula is C4H2N12O8. The van der Waals surface area contributed by atoms with Crippen LogP contribution in [0.2, 0.25) is 0 Å². The van der Waals surface area contributed by atoms with Gasteiger partial charge in [-0.1, -0.05) is 0 Å². The quantitative estimate of drug-likeness (QED) is 0.399. The molecule has 0 fully saturated rings. The molecule has 0 radical (unpaired) electrons. The van der Waals surface area contributed by atoms with Gasteiger partial charge in [0.1, 0.15) is 0 Å². The molecule has 0 aliphatic heterocycles. The molecule has 0 aliphatic rings. The zero-order valence-corrected chi connectivity index (χ0v) is 10.7. The van der Waals surface area contributed by atoms with Crippen LogP contribution >= 0.6 is 0 Å². The number of nitrogens with zero attached hydrogens (tertiary/aromatic N) is 10. The maximum Gasteiger partial charge on any atom is 0.516 e. The van der Waals surface area contributed by atoms with E-state index < -0.39 is 43.5 Å². The number of rotatable bonds is 7. The number of hydrogen-bond donors (Lipinski definition) is 2. The Morgan fingerprint density at radius 2 is 1.04 bits per heavy atom. The molecule has 0 unspecified atom stereocenters. The molecule has 2 heterocycles. The van der Waals surface area contributed by atoms with Crippen molar-refractivity contribution in [2.75, 3.05) is 11.1 Å². The van der Waals surface area contributed by atoms with Crippen molar-refractivity contribution in [3.05, 3.63) is 40.5 Å². The molecule has 0 saturated heterocycles. The lowest BCUT2D eigenvalue weighted by atomic mass is 10.6. The van der Waals surface area contributed by atoms with Gasteiger partial charge in [-0.3, -0.25) is 0 Å². The Hall–Kier alpha value is -4.52. The average Bonchev–Trinajstić information content (AvgIpc) is 3.01. The topological polar surface area (TPSA) is 258 Å². The van der Waals surface area contributed by atoms with E-state index in [0.29, 0.717) is 0 Å². The fraction of sp³-hybridized carbons (Fsp3) is 0. The molecule has 24 heavy (non-hydrogen) atoms. The number of hydrogen-bond acceptors (Lipinski definition) is 12. The lowest BCUT2D eigenvalue weighted by molar-refractivity contribution is -0.464. The van der Waals surface area contributed by atoms with Gasteiger partial charge in [-0.15, -0.1) is 0 Å². The third kappa shape index (κ3) is 3.05. The maximum absolute atomic E-state index is 10.7. The summed E-state index contributed by atoms with van der Waals surface area (Å²) in [5.74, 6) is -3.93. The Labute approximate surface area is 126 Å². The van der Waals surface area contributed by atoms with Crippen molar-refractivity contribution in [1.29, 1.82) is 0 Å². The fourth-order valence-corrected chi connectivity index (χ4v) is 1.34. The largest absolute Gasteiger partial charge is 0.516 e. The van der Waals surface area contributed by atoms with E-state index in [9.17, 15) is 40.5 Å². The number of hydrazine groups is 2. The van der Waals surface area contributed by atoms with Gasteiger partial charge in [-0.25, -0.2) is 0 Å². The Morgan fingerprint density at radius 1 is 0.708 bits per heavy atom. The van der Waals surface area contributed by atoms with E-state index in [4.69, 9.17) is 0 Å². The molecule has 0 atom stereocenters. The van der Waals surface area contributed by atoms with Crippen LogP contribution in [0.3, 0.4) is 0 Å². The zero-order chi connectivity index (χ0) is 18.0. The second-order valence-corrected chi connectivity index (χ2v) is 3.52. The normalized spacial score (nSPS) is 10.2. The van der Waals surface area contributed by atoms with E-state index in [2.05, 4.69) is 20.2 Å². The summed E-state index contributed by atoms with van der Waals surface area (Å²) in [5, 5.41) is 46.1. The molecule has 2 N–H and O–H groups in total. The Kier molecular flexibility index (Phi) is 3.77. The van der Waals surface area contributed by atoms with Crippen LogP contribution in [0.5, 0.6) is 0 Å². The minimum atomic E-state index is -1.18. The van der Waals surface area contributed by atoms with Crippen LogP contribution in [0.25, 0.3) is 11.6 Å². The average molecular weight is 346 g/mol. The lowest BCUT2D eigenvalue weighted by Gasteiger charge is -1.93. The standard InChI is InChI=1S/C4H2N12O8/c17-13(18)3-5-1(11(7-3)9-15(21)22)2-6-4(14(19)20)8-12(2)10-16(23)24/h9-10H. The first kappa shape index (κ1) is 15.9. The van der Waals surface area contributed by atoms with Crippen LogP contribution < -0.4 is 11.1 Å². The second kappa shape index (κ2) is 5.70. The minimum absolute atomic E-state index is 0.129. The van der Waals surface area contributed by atoms with Gasteiger partial charge < -0.3 is 40.5 Å². The van der Waals surface area contributed by atoms with Crippen molar-refractivity contribution in [2.24, 2.45) is 0 Å². The molecule has 126 valence electrons. The van der Waals surface area contributed by atoms with E-state index in [1.165, 1.54) is 11.1 Å². The lowest BCUT2D eigenvalue weighted by Crippen LogP contribution is -2.27. The summed E-state index contributed by atoms with van der Waals surface area (Å²) in [4.78, 5) is 46.8. The van der Waals surface area contributed by atoms with Gasteiger partial charge in [0.05, 0.1) is 19.6 Å². The molecule has 0 aliphatic carbocycles. The third-order valence-corrected chi connectivity index (χ3v) is 2.07. The molecule has 0 aromatic carbocycles. The molecule has 2 aromatic rings. The van der Waals surface area contributed by atoms with Gasteiger partial charge in [-0.2, -0.15) is 0 Å². The summed E-state index contributed by atoms with van der Waals surface area (Å²) in [6.07, 6.45) is 0. The highest BCUT2D eigenvalue weighted by atomic mass is 16.7. The molecule has 20 heteroatoms.